The van der Waals surface area contributed by atoms with Gasteiger partial charge in [0.05, 0.1) is 29.7 Å². The molecule has 2 saturated heterocycles. The van der Waals surface area contributed by atoms with Crippen LogP contribution in [0.3, 0.4) is 0 Å². The number of likely N-dealkylation sites (tertiary alicyclic amines) is 2. The third-order valence-corrected chi connectivity index (χ3v) is 10.5. The minimum absolute atomic E-state index is 0.0988. The Labute approximate surface area is 230 Å². The van der Waals surface area contributed by atoms with Crippen LogP contribution in [0.2, 0.25) is 0 Å². The van der Waals surface area contributed by atoms with Crippen LogP contribution >= 0.6 is 0 Å². The Balaban J connectivity index is 1.55. The minimum atomic E-state index is -3.46. The summed E-state index contributed by atoms with van der Waals surface area (Å²) >= 11 is 0. The fourth-order valence-corrected chi connectivity index (χ4v) is 7.01. The summed E-state index contributed by atoms with van der Waals surface area (Å²) in [6.45, 7) is 2.80. The van der Waals surface area contributed by atoms with Gasteiger partial charge in [0, 0.05) is 37.8 Å². The van der Waals surface area contributed by atoms with Crippen LogP contribution in [0.15, 0.2) is 0 Å². The van der Waals surface area contributed by atoms with Crippen molar-refractivity contribution in [1.29, 1.82) is 0 Å². The predicted molar refractivity (Wildman–Crippen MR) is 144 cm³/mol. The lowest BCUT2D eigenvalue weighted by molar-refractivity contribution is -0.124. The molecule has 0 aromatic heterocycles. The molecule has 6 N–H and O–H groups in total. The molecule has 2 fully saturated rings. The number of carbonyl (C=O) groups is 4. The number of carbonyl (C=O) groups excluding carboxylic acids is 4. The van der Waals surface area contributed by atoms with Gasteiger partial charge in [-0.15, -0.1) is 0 Å². The summed E-state index contributed by atoms with van der Waals surface area (Å²) in [5.74, 6) is -2.96. The first-order chi connectivity index (χ1) is 18.3. The number of rotatable bonds is 16. The minimum Gasteiger partial charge on any atom is -0.369 e. The first kappa shape index (κ1) is 32.9. The summed E-state index contributed by atoms with van der Waals surface area (Å²) in [5, 5.41) is 4.81. The Morgan fingerprint density at radius 2 is 0.949 bits per heavy atom. The maximum Gasteiger partial charge on any atom is 0.222 e. The highest BCUT2D eigenvalue weighted by Crippen LogP contribution is 2.17. The van der Waals surface area contributed by atoms with E-state index in [1.807, 2.05) is 9.80 Å². The molecule has 0 bridgehead atoms. The number of nitrogens with zero attached hydrogens (tertiary/aromatic N) is 2. The SMILES string of the molecule is NC(=O)C1CCN(CCS(=O)(=O)CCC(=O)NCNC(=O)CCS(=O)(=O)CCN2CCC(C(N)=O)CC2)CC1. The van der Waals surface area contributed by atoms with Gasteiger partial charge >= 0.3 is 0 Å². The van der Waals surface area contributed by atoms with Gasteiger partial charge in [-0.2, -0.15) is 0 Å². The molecule has 0 saturated carbocycles. The second-order valence-corrected chi connectivity index (χ2v) is 14.8. The highest BCUT2D eigenvalue weighted by atomic mass is 32.2. The summed E-state index contributed by atoms with van der Waals surface area (Å²) < 4.78 is 49.1. The number of hydrogen-bond donors (Lipinski definition) is 4. The number of nitrogens with one attached hydrogen (secondary N) is 2. The van der Waals surface area contributed by atoms with Crippen molar-refractivity contribution >= 4 is 43.3 Å². The average molecular weight is 595 g/mol. The average Bonchev–Trinajstić information content (AvgIpc) is 2.89. The number of sulfone groups is 2. The van der Waals surface area contributed by atoms with E-state index in [0.717, 1.165) is 0 Å². The normalized spacial score (nSPS) is 18.5. The monoisotopic (exact) mass is 594 g/mol. The maximum atomic E-state index is 12.3. The smallest absolute Gasteiger partial charge is 0.222 e. The van der Waals surface area contributed by atoms with Gasteiger partial charge in [0.2, 0.25) is 23.6 Å². The van der Waals surface area contributed by atoms with Gasteiger partial charge in [-0.3, -0.25) is 19.2 Å². The van der Waals surface area contributed by atoms with Crippen LogP contribution in [0.5, 0.6) is 0 Å². The molecule has 16 heteroatoms. The molecule has 14 nitrogen and oxygen atoms in total. The van der Waals surface area contributed by atoms with Crippen molar-refractivity contribution in [2.75, 3.05) is 68.9 Å². The van der Waals surface area contributed by atoms with Gasteiger partial charge in [0.25, 0.3) is 0 Å². The summed E-state index contributed by atoms with van der Waals surface area (Å²) in [6.07, 6.45) is 1.91. The van der Waals surface area contributed by atoms with Crippen molar-refractivity contribution in [3.63, 3.8) is 0 Å². The maximum absolute atomic E-state index is 12.3. The third kappa shape index (κ3) is 13.1. The van der Waals surface area contributed by atoms with Crippen molar-refractivity contribution in [1.82, 2.24) is 20.4 Å². The van der Waals surface area contributed by atoms with Crippen LogP contribution in [0, 0.1) is 11.8 Å². The van der Waals surface area contributed by atoms with Crippen LogP contribution in [-0.2, 0) is 38.9 Å². The second-order valence-electron chi connectivity index (χ2n) is 10.2. The number of nitrogens with two attached hydrogens (primary N) is 2. The number of amides is 4. The molecule has 39 heavy (non-hydrogen) atoms. The fourth-order valence-electron chi connectivity index (χ4n) is 4.54. The molecule has 0 radical (unpaired) electrons. The van der Waals surface area contributed by atoms with Gasteiger partial charge in [-0.1, -0.05) is 0 Å². The zero-order valence-corrected chi connectivity index (χ0v) is 23.9. The molecule has 2 heterocycles. The zero-order valence-electron chi connectivity index (χ0n) is 22.3. The standard InChI is InChI=1S/C23H42N6O8S2/c24-22(32)18-1-7-28(8-2-18)11-15-38(34,35)13-5-20(30)26-17-27-21(31)6-14-39(36,37)16-12-29-9-3-19(4-10-29)23(25)33/h18-19H,1-17H2,(H2,24,32)(H2,25,33)(H,26,30)(H,27,31). The quantitative estimate of drug-likeness (QED) is 0.134. The Hall–Kier alpha value is -2.30. The van der Waals surface area contributed by atoms with Crippen molar-refractivity contribution in [3.05, 3.63) is 0 Å². The lowest BCUT2D eigenvalue weighted by Gasteiger charge is -2.30. The number of primary amides is 2. The van der Waals surface area contributed by atoms with Crippen molar-refractivity contribution < 1.29 is 36.0 Å². The fraction of sp³-hybridized carbons (Fsp3) is 0.826. The molecule has 0 aromatic rings. The number of piperidine rings is 2. The summed E-state index contributed by atoms with van der Waals surface area (Å²) in [4.78, 5) is 50.3. The molecular weight excluding hydrogens is 552 g/mol. The predicted octanol–water partition coefficient (Wildman–Crippen LogP) is -2.82. The van der Waals surface area contributed by atoms with Crippen LogP contribution < -0.4 is 22.1 Å². The van der Waals surface area contributed by atoms with E-state index in [1.54, 1.807) is 0 Å². The first-order valence-corrected chi connectivity index (χ1v) is 16.9. The Kier molecular flexibility index (Phi) is 13.1. The molecular formula is C23H42N6O8S2. The van der Waals surface area contributed by atoms with E-state index in [-0.39, 0.29) is 66.2 Å². The van der Waals surface area contributed by atoms with Gasteiger partial charge < -0.3 is 31.9 Å². The molecule has 0 aliphatic carbocycles. The van der Waals surface area contributed by atoms with E-state index in [9.17, 15) is 36.0 Å². The molecule has 0 aromatic carbocycles. The molecule has 0 spiro atoms. The van der Waals surface area contributed by atoms with E-state index < -0.39 is 31.5 Å². The van der Waals surface area contributed by atoms with E-state index in [1.165, 1.54) is 0 Å². The van der Waals surface area contributed by atoms with Gasteiger partial charge in [0.15, 0.2) is 19.7 Å². The van der Waals surface area contributed by atoms with Crippen LogP contribution in [0.4, 0.5) is 0 Å². The van der Waals surface area contributed by atoms with Gasteiger partial charge in [0.1, 0.15) is 0 Å². The summed E-state index contributed by atoms with van der Waals surface area (Å²) in [6, 6.07) is 0. The van der Waals surface area contributed by atoms with Crippen molar-refractivity contribution in [3.8, 4) is 0 Å². The van der Waals surface area contributed by atoms with E-state index >= 15 is 0 Å². The first-order valence-electron chi connectivity index (χ1n) is 13.2. The topological polar surface area (TPSA) is 219 Å². The molecule has 4 amide bonds. The largest absolute Gasteiger partial charge is 0.369 e. The molecule has 0 atom stereocenters. The molecule has 2 aliphatic rings. The van der Waals surface area contributed by atoms with Crippen molar-refractivity contribution in [2.45, 2.75) is 38.5 Å². The lowest BCUT2D eigenvalue weighted by atomic mass is 9.96. The second kappa shape index (κ2) is 15.5. The van der Waals surface area contributed by atoms with E-state index in [0.29, 0.717) is 65.0 Å². The molecule has 0 unspecified atom stereocenters. The molecule has 224 valence electrons. The van der Waals surface area contributed by atoms with Crippen LogP contribution in [0.25, 0.3) is 0 Å². The van der Waals surface area contributed by atoms with Crippen LogP contribution in [0.1, 0.15) is 38.5 Å². The lowest BCUT2D eigenvalue weighted by Crippen LogP contribution is -2.41. The Bertz CT molecular complexity index is 982. The molecule has 2 rings (SSSR count). The Morgan fingerprint density at radius 1 is 0.615 bits per heavy atom. The summed E-state index contributed by atoms with van der Waals surface area (Å²) in [5.41, 5.74) is 10.6. The third-order valence-electron chi connectivity index (χ3n) is 7.27. The number of hydrogen-bond acceptors (Lipinski definition) is 10. The highest BCUT2D eigenvalue weighted by Gasteiger charge is 2.25. The zero-order chi connectivity index (χ0) is 29.1. The Morgan fingerprint density at radius 3 is 1.26 bits per heavy atom. The van der Waals surface area contributed by atoms with Crippen molar-refractivity contribution in [2.24, 2.45) is 23.3 Å². The molecule has 2 aliphatic heterocycles. The highest BCUT2D eigenvalue weighted by molar-refractivity contribution is 7.91. The van der Waals surface area contributed by atoms with Crippen LogP contribution in [-0.4, -0.2) is 119 Å². The van der Waals surface area contributed by atoms with Gasteiger partial charge in [-0.05, 0) is 51.9 Å². The van der Waals surface area contributed by atoms with E-state index in [4.69, 9.17) is 11.5 Å². The van der Waals surface area contributed by atoms with Gasteiger partial charge in [-0.25, -0.2) is 16.8 Å². The van der Waals surface area contributed by atoms with E-state index in [2.05, 4.69) is 10.6 Å². The summed E-state index contributed by atoms with van der Waals surface area (Å²) in [7, 11) is -6.93.